The van der Waals surface area contributed by atoms with Gasteiger partial charge in [0, 0.05) is 22.8 Å². The minimum absolute atomic E-state index is 0.561. The van der Waals surface area contributed by atoms with E-state index in [0.29, 0.717) is 16.7 Å². The average Bonchev–Trinajstić information content (AvgIpc) is 2.48. The van der Waals surface area contributed by atoms with Gasteiger partial charge in [0.2, 0.25) is 0 Å². The summed E-state index contributed by atoms with van der Waals surface area (Å²) in [4.78, 5) is 0. The van der Waals surface area contributed by atoms with Crippen LogP contribution in [0.2, 0.25) is 5.02 Å². The van der Waals surface area contributed by atoms with E-state index < -0.39 is 0 Å². The van der Waals surface area contributed by atoms with Crippen LogP contribution in [0.1, 0.15) is 11.1 Å². The summed E-state index contributed by atoms with van der Waals surface area (Å²) in [5.41, 5.74) is 3.04. The molecule has 0 amide bonds. The number of rotatable bonds is 4. The van der Waals surface area contributed by atoms with E-state index in [1.54, 1.807) is 7.11 Å². The van der Waals surface area contributed by atoms with Crippen LogP contribution in [-0.4, -0.2) is 12.2 Å². The van der Waals surface area contributed by atoms with E-state index in [2.05, 4.69) is 10.6 Å². The molecule has 0 aliphatic rings. The topological polar surface area (TPSA) is 33.3 Å². The van der Waals surface area contributed by atoms with Gasteiger partial charge in [-0.25, -0.2) is 0 Å². The molecule has 0 saturated carbocycles. The summed E-state index contributed by atoms with van der Waals surface area (Å²) in [6.07, 6.45) is 0. The van der Waals surface area contributed by atoms with Crippen LogP contribution in [0.25, 0.3) is 0 Å². The van der Waals surface area contributed by atoms with Crippen LogP contribution in [0.3, 0.4) is 0 Å². The lowest BCUT2D eigenvalue weighted by atomic mass is 10.2. The molecule has 0 aromatic heterocycles. The van der Waals surface area contributed by atoms with Gasteiger partial charge < -0.3 is 15.4 Å². The molecule has 0 spiro atoms. The maximum atomic E-state index is 5.94. The number of halogens is 1. The van der Waals surface area contributed by atoms with Gasteiger partial charge in [-0.05, 0) is 49.0 Å². The summed E-state index contributed by atoms with van der Waals surface area (Å²) in [6.45, 7) is 2.58. The SMILES string of the molecule is COc1ccccc1CNC(=S)Nc1ccc(Cl)cc1C. The summed E-state index contributed by atoms with van der Waals surface area (Å²) in [5, 5.41) is 7.61. The summed E-state index contributed by atoms with van der Waals surface area (Å²) in [5.74, 6) is 0.843. The van der Waals surface area contributed by atoms with Gasteiger partial charge in [-0.3, -0.25) is 0 Å². The molecule has 0 fully saturated rings. The highest BCUT2D eigenvalue weighted by molar-refractivity contribution is 7.80. The molecule has 0 saturated heterocycles. The molecule has 0 heterocycles. The first kappa shape index (κ1) is 15.6. The lowest BCUT2D eigenvalue weighted by Gasteiger charge is -2.14. The Labute approximate surface area is 135 Å². The van der Waals surface area contributed by atoms with E-state index in [1.807, 2.05) is 49.4 Å². The Morgan fingerprint density at radius 3 is 2.71 bits per heavy atom. The zero-order chi connectivity index (χ0) is 15.2. The van der Waals surface area contributed by atoms with Crippen molar-refractivity contribution in [3.05, 3.63) is 58.6 Å². The Bertz CT molecular complexity index is 646. The molecule has 3 nitrogen and oxygen atoms in total. The van der Waals surface area contributed by atoms with Crippen LogP contribution in [0.15, 0.2) is 42.5 Å². The van der Waals surface area contributed by atoms with E-state index in [9.17, 15) is 0 Å². The van der Waals surface area contributed by atoms with E-state index in [0.717, 1.165) is 22.6 Å². The smallest absolute Gasteiger partial charge is 0.171 e. The third kappa shape index (κ3) is 4.34. The Morgan fingerprint density at radius 1 is 1.24 bits per heavy atom. The molecule has 5 heteroatoms. The second kappa shape index (κ2) is 7.29. The number of hydrogen-bond acceptors (Lipinski definition) is 2. The molecule has 0 radical (unpaired) electrons. The van der Waals surface area contributed by atoms with Crippen molar-refractivity contribution in [2.75, 3.05) is 12.4 Å². The Balaban J connectivity index is 1.96. The maximum absolute atomic E-state index is 5.94. The first-order valence-corrected chi connectivity index (χ1v) is 7.31. The van der Waals surface area contributed by atoms with Gasteiger partial charge in [0.1, 0.15) is 5.75 Å². The minimum Gasteiger partial charge on any atom is -0.496 e. The molecule has 2 aromatic rings. The predicted octanol–water partition coefficient (Wildman–Crippen LogP) is 4.14. The van der Waals surface area contributed by atoms with Crippen LogP contribution in [0.5, 0.6) is 5.75 Å². The molecule has 2 rings (SSSR count). The summed E-state index contributed by atoms with van der Waals surface area (Å²) < 4.78 is 5.31. The van der Waals surface area contributed by atoms with Crippen molar-refractivity contribution in [3.8, 4) is 5.75 Å². The summed E-state index contributed by atoms with van der Waals surface area (Å²) >= 11 is 11.2. The zero-order valence-corrected chi connectivity index (χ0v) is 13.5. The standard InChI is InChI=1S/C16H17ClN2OS/c1-11-9-13(17)7-8-14(11)19-16(21)18-10-12-5-3-4-6-15(12)20-2/h3-9H,10H2,1-2H3,(H2,18,19,21). The second-order valence-corrected chi connectivity index (χ2v) is 5.42. The zero-order valence-electron chi connectivity index (χ0n) is 11.9. The molecule has 2 N–H and O–H groups in total. The Hall–Kier alpha value is -1.78. The first-order chi connectivity index (χ1) is 10.1. The lowest BCUT2D eigenvalue weighted by Crippen LogP contribution is -2.28. The third-order valence-electron chi connectivity index (χ3n) is 3.07. The van der Waals surface area contributed by atoms with E-state index in [1.165, 1.54) is 0 Å². The van der Waals surface area contributed by atoms with Crippen molar-refractivity contribution in [1.29, 1.82) is 0 Å². The van der Waals surface area contributed by atoms with Crippen molar-refractivity contribution >= 4 is 34.6 Å². The molecular weight excluding hydrogens is 304 g/mol. The number of aryl methyl sites for hydroxylation is 1. The average molecular weight is 321 g/mol. The monoisotopic (exact) mass is 320 g/mol. The molecule has 0 atom stereocenters. The highest BCUT2D eigenvalue weighted by atomic mass is 35.5. The normalized spacial score (nSPS) is 10.0. The molecule has 21 heavy (non-hydrogen) atoms. The van der Waals surface area contributed by atoms with Crippen molar-refractivity contribution in [3.63, 3.8) is 0 Å². The highest BCUT2D eigenvalue weighted by Crippen LogP contribution is 2.20. The fourth-order valence-electron chi connectivity index (χ4n) is 1.96. The van der Waals surface area contributed by atoms with Crippen molar-refractivity contribution < 1.29 is 4.74 Å². The largest absolute Gasteiger partial charge is 0.496 e. The number of methoxy groups -OCH3 is 1. The molecule has 0 aliphatic heterocycles. The predicted molar refractivity (Wildman–Crippen MR) is 92.2 cm³/mol. The molecule has 2 aromatic carbocycles. The Kier molecular flexibility index (Phi) is 5.42. The van der Waals surface area contributed by atoms with Crippen molar-refractivity contribution in [1.82, 2.24) is 5.32 Å². The molecule has 110 valence electrons. The first-order valence-electron chi connectivity index (χ1n) is 6.53. The van der Waals surface area contributed by atoms with Gasteiger partial charge >= 0.3 is 0 Å². The van der Waals surface area contributed by atoms with E-state index in [4.69, 9.17) is 28.6 Å². The van der Waals surface area contributed by atoms with E-state index >= 15 is 0 Å². The van der Waals surface area contributed by atoms with Gasteiger partial charge in [-0.15, -0.1) is 0 Å². The van der Waals surface area contributed by atoms with Crippen molar-refractivity contribution in [2.45, 2.75) is 13.5 Å². The van der Waals surface area contributed by atoms with Crippen molar-refractivity contribution in [2.24, 2.45) is 0 Å². The number of nitrogens with one attached hydrogen (secondary N) is 2. The van der Waals surface area contributed by atoms with Crippen LogP contribution in [0, 0.1) is 6.92 Å². The quantitative estimate of drug-likeness (QED) is 0.829. The molecule has 0 aliphatic carbocycles. The number of hydrogen-bond donors (Lipinski definition) is 2. The summed E-state index contributed by atoms with van der Waals surface area (Å²) in [6, 6.07) is 13.5. The van der Waals surface area contributed by atoms with Gasteiger partial charge in [0.15, 0.2) is 5.11 Å². The second-order valence-electron chi connectivity index (χ2n) is 4.58. The van der Waals surface area contributed by atoms with Crippen LogP contribution in [0.4, 0.5) is 5.69 Å². The number of anilines is 1. The van der Waals surface area contributed by atoms with Gasteiger partial charge in [-0.2, -0.15) is 0 Å². The maximum Gasteiger partial charge on any atom is 0.171 e. The van der Waals surface area contributed by atoms with Gasteiger partial charge in [0.05, 0.1) is 7.11 Å². The van der Waals surface area contributed by atoms with Crippen LogP contribution >= 0.6 is 23.8 Å². The molecule has 0 unspecified atom stereocenters. The number of ether oxygens (including phenoxy) is 1. The molecule has 0 bridgehead atoms. The van der Waals surface area contributed by atoms with Crippen LogP contribution < -0.4 is 15.4 Å². The molecular formula is C16H17ClN2OS. The van der Waals surface area contributed by atoms with Crippen LogP contribution in [-0.2, 0) is 6.54 Å². The number of thiocarbonyl (C=S) groups is 1. The van der Waals surface area contributed by atoms with Gasteiger partial charge in [0.25, 0.3) is 0 Å². The lowest BCUT2D eigenvalue weighted by molar-refractivity contribution is 0.409. The van der Waals surface area contributed by atoms with Gasteiger partial charge in [-0.1, -0.05) is 29.8 Å². The number of benzene rings is 2. The number of para-hydroxylation sites is 1. The minimum atomic E-state index is 0.561. The fourth-order valence-corrected chi connectivity index (χ4v) is 2.37. The fraction of sp³-hybridized carbons (Fsp3) is 0.188. The summed E-state index contributed by atoms with van der Waals surface area (Å²) in [7, 11) is 1.66. The highest BCUT2D eigenvalue weighted by Gasteiger charge is 2.04. The Morgan fingerprint density at radius 2 is 2.00 bits per heavy atom. The third-order valence-corrected chi connectivity index (χ3v) is 3.55. The van der Waals surface area contributed by atoms with E-state index in [-0.39, 0.29) is 0 Å².